The van der Waals surface area contributed by atoms with Gasteiger partial charge in [0.05, 0.1) is 19.3 Å². The van der Waals surface area contributed by atoms with E-state index in [-0.39, 0.29) is 37.2 Å². The molecule has 0 aliphatic carbocycles. The van der Waals surface area contributed by atoms with E-state index < -0.39 is 42.7 Å². The van der Waals surface area contributed by atoms with Gasteiger partial charge in [0.2, 0.25) is 0 Å². The largest absolute Gasteiger partial charge is 0.514 e. The van der Waals surface area contributed by atoms with Crippen molar-refractivity contribution < 1.29 is 52.3 Å². The molecule has 1 aromatic carbocycles. The Kier molecular flexibility index (Phi) is 13.8. The molecule has 0 heterocycles. The Hall–Kier alpha value is -3.54. The van der Waals surface area contributed by atoms with Crippen LogP contribution in [-0.2, 0) is 34.9 Å². The number of rotatable bonds is 13. The van der Waals surface area contributed by atoms with Gasteiger partial charge in [-0.05, 0) is 65.2 Å². The molecule has 1 rings (SSSR count). The average Bonchev–Trinajstić information content (AvgIpc) is 2.80. The van der Waals surface area contributed by atoms with E-state index >= 15 is 0 Å². The number of benzene rings is 1. The van der Waals surface area contributed by atoms with Crippen LogP contribution in [0.5, 0.6) is 11.5 Å². The number of methoxy groups -OCH3 is 1. The first-order chi connectivity index (χ1) is 17.4. The lowest BCUT2D eigenvalue weighted by Crippen LogP contribution is -2.41. The van der Waals surface area contributed by atoms with Crippen LogP contribution in [0.15, 0.2) is 18.2 Å². The van der Waals surface area contributed by atoms with Crippen LogP contribution in [0.4, 0.5) is 14.4 Å². The fourth-order valence-electron chi connectivity index (χ4n) is 2.72. The zero-order valence-electron chi connectivity index (χ0n) is 22.4. The molecule has 0 aromatic heterocycles. The van der Waals surface area contributed by atoms with Crippen molar-refractivity contribution in [3.05, 3.63) is 23.8 Å². The third-order valence-corrected chi connectivity index (χ3v) is 4.57. The molecule has 0 saturated heterocycles. The van der Waals surface area contributed by atoms with Gasteiger partial charge in [-0.3, -0.25) is 4.79 Å². The Morgan fingerprint density at radius 3 is 1.97 bits per heavy atom. The maximum Gasteiger partial charge on any atom is 0.514 e. The standard InChI is InChI=1S/C25H37NO11/c1-8-17(6)35-23(28)32-12-11-26-19(22(27)31-7)13-18-9-10-20(36-24(29)33-15(2)3)21(14-18)37-25(30)34-16(4)5/h9-10,14-17,19,26H,8,11-13H2,1-7H3/t17?,19-/m0/s1. The molecule has 208 valence electrons. The third-order valence-electron chi connectivity index (χ3n) is 4.57. The molecule has 0 amide bonds. The van der Waals surface area contributed by atoms with Gasteiger partial charge in [-0.25, -0.2) is 14.4 Å². The SMILES string of the molecule is CCC(C)OC(=O)OCCN[C@@H](Cc1ccc(OC(=O)OC(C)C)c(OC(=O)OC(C)C)c1)C(=O)OC. The number of hydrogen-bond donors (Lipinski definition) is 1. The molecule has 0 aliphatic heterocycles. The van der Waals surface area contributed by atoms with E-state index in [0.717, 1.165) is 0 Å². The molecule has 0 radical (unpaired) electrons. The fourth-order valence-corrected chi connectivity index (χ4v) is 2.72. The van der Waals surface area contributed by atoms with Gasteiger partial charge in [0, 0.05) is 6.54 Å². The second-order valence-corrected chi connectivity index (χ2v) is 8.49. The highest BCUT2D eigenvalue weighted by atomic mass is 16.8. The number of hydrogen-bond acceptors (Lipinski definition) is 12. The molecule has 1 aromatic rings. The monoisotopic (exact) mass is 527 g/mol. The Balaban J connectivity index is 2.96. The summed E-state index contributed by atoms with van der Waals surface area (Å²) in [6.45, 7) is 10.3. The van der Waals surface area contributed by atoms with Crippen molar-refractivity contribution in [1.82, 2.24) is 5.32 Å². The highest BCUT2D eigenvalue weighted by Gasteiger charge is 2.22. The van der Waals surface area contributed by atoms with E-state index in [1.165, 1.54) is 19.2 Å². The lowest BCUT2D eigenvalue weighted by Gasteiger charge is -2.18. The number of nitrogens with one attached hydrogen (secondary N) is 1. The molecule has 2 atom stereocenters. The van der Waals surface area contributed by atoms with Crippen molar-refractivity contribution in [3.63, 3.8) is 0 Å². The molecular weight excluding hydrogens is 490 g/mol. The van der Waals surface area contributed by atoms with Crippen LogP contribution >= 0.6 is 0 Å². The summed E-state index contributed by atoms with van der Waals surface area (Å²) in [5.41, 5.74) is 0.539. The third kappa shape index (κ3) is 12.8. The summed E-state index contributed by atoms with van der Waals surface area (Å²) in [5, 5.41) is 2.95. The van der Waals surface area contributed by atoms with E-state index in [2.05, 4.69) is 5.32 Å². The summed E-state index contributed by atoms with van der Waals surface area (Å²) in [4.78, 5) is 48.0. The second kappa shape index (κ2) is 16.3. The second-order valence-electron chi connectivity index (χ2n) is 8.49. The van der Waals surface area contributed by atoms with E-state index in [1.807, 2.05) is 6.92 Å². The van der Waals surface area contributed by atoms with Crippen LogP contribution in [0.25, 0.3) is 0 Å². The average molecular weight is 528 g/mol. The van der Waals surface area contributed by atoms with Crippen LogP contribution in [-0.4, -0.2) is 69.1 Å². The summed E-state index contributed by atoms with van der Waals surface area (Å²) in [5.74, 6) is -0.751. The van der Waals surface area contributed by atoms with E-state index in [0.29, 0.717) is 12.0 Å². The van der Waals surface area contributed by atoms with Crippen molar-refractivity contribution in [2.75, 3.05) is 20.3 Å². The van der Waals surface area contributed by atoms with Gasteiger partial charge in [0.15, 0.2) is 11.5 Å². The Labute approximate surface area is 216 Å². The molecule has 0 spiro atoms. The number of esters is 1. The fraction of sp³-hybridized carbons (Fsp3) is 0.600. The van der Waals surface area contributed by atoms with E-state index in [9.17, 15) is 19.2 Å². The van der Waals surface area contributed by atoms with Crippen molar-refractivity contribution in [1.29, 1.82) is 0 Å². The zero-order chi connectivity index (χ0) is 28.0. The smallest absolute Gasteiger partial charge is 0.468 e. The molecule has 0 bridgehead atoms. The van der Waals surface area contributed by atoms with Gasteiger partial charge in [-0.1, -0.05) is 13.0 Å². The van der Waals surface area contributed by atoms with Gasteiger partial charge in [-0.15, -0.1) is 0 Å². The first kappa shape index (κ1) is 31.5. The molecule has 12 heteroatoms. The molecule has 12 nitrogen and oxygen atoms in total. The predicted octanol–water partition coefficient (Wildman–Crippen LogP) is 4.16. The first-order valence-electron chi connectivity index (χ1n) is 12.0. The van der Waals surface area contributed by atoms with Crippen LogP contribution < -0.4 is 14.8 Å². The minimum atomic E-state index is -1.00. The molecular formula is C25H37NO11. The van der Waals surface area contributed by atoms with Crippen LogP contribution in [0.2, 0.25) is 0 Å². The topological polar surface area (TPSA) is 145 Å². The molecule has 0 saturated carbocycles. The van der Waals surface area contributed by atoms with Crippen LogP contribution in [0.3, 0.4) is 0 Å². The number of carbonyl (C=O) groups is 4. The Morgan fingerprint density at radius 2 is 1.43 bits per heavy atom. The predicted molar refractivity (Wildman–Crippen MR) is 131 cm³/mol. The lowest BCUT2D eigenvalue weighted by molar-refractivity contribution is -0.143. The van der Waals surface area contributed by atoms with E-state index in [1.54, 1.807) is 40.7 Å². The summed E-state index contributed by atoms with van der Waals surface area (Å²) in [6, 6.07) is 3.58. The lowest BCUT2D eigenvalue weighted by atomic mass is 10.1. The molecule has 37 heavy (non-hydrogen) atoms. The van der Waals surface area contributed by atoms with Crippen molar-refractivity contribution in [3.8, 4) is 11.5 Å². The highest BCUT2D eigenvalue weighted by Crippen LogP contribution is 2.30. The minimum absolute atomic E-state index is 0.0388. The maximum absolute atomic E-state index is 12.3. The highest BCUT2D eigenvalue weighted by molar-refractivity contribution is 5.76. The first-order valence-corrected chi connectivity index (χ1v) is 12.0. The molecule has 1 unspecified atom stereocenters. The van der Waals surface area contributed by atoms with Crippen molar-refractivity contribution in [2.45, 2.75) is 78.7 Å². The summed E-state index contributed by atoms with van der Waals surface area (Å²) < 4.78 is 35.2. The van der Waals surface area contributed by atoms with Crippen molar-refractivity contribution in [2.24, 2.45) is 0 Å². The molecule has 0 fully saturated rings. The molecule has 0 aliphatic rings. The van der Waals surface area contributed by atoms with E-state index in [4.69, 9.17) is 33.2 Å². The van der Waals surface area contributed by atoms with Crippen LogP contribution in [0, 0.1) is 0 Å². The summed E-state index contributed by atoms with van der Waals surface area (Å²) in [6.07, 6.45) is -3.15. The van der Waals surface area contributed by atoms with Gasteiger partial charge in [0.1, 0.15) is 18.8 Å². The molecule has 1 N–H and O–H groups in total. The minimum Gasteiger partial charge on any atom is -0.468 e. The van der Waals surface area contributed by atoms with Crippen molar-refractivity contribution >= 4 is 24.4 Å². The Bertz CT molecular complexity index is 901. The van der Waals surface area contributed by atoms with Gasteiger partial charge in [-0.2, -0.15) is 0 Å². The summed E-state index contributed by atoms with van der Waals surface area (Å²) in [7, 11) is 1.24. The van der Waals surface area contributed by atoms with Crippen LogP contribution in [0.1, 0.15) is 53.5 Å². The summed E-state index contributed by atoms with van der Waals surface area (Å²) >= 11 is 0. The Morgan fingerprint density at radius 1 is 0.838 bits per heavy atom. The number of carbonyl (C=O) groups excluding carboxylic acids is 4. The maximum atomic E-state index is 12.3. The van der Waals surface area contributed by atoms with Gasteiger partial charge < -0.3 is 38.5 Å². The van der Waals surface area contributed by atoms with Gasteiger partial charge >= 0.3 is 24.4 Å². The zero-order valence-corrected chi connectivity index (χ0v) is 22.4. The quantitative estimate of drug-likeness (QED) is 0.170. The van der Waals surface area contributed by atoms with Gasteiger partial charge in [0.25, 0.3) is 0 Å². The normalized spacial score (nSPS) is 12.4. The number of ether oxygens (including phenoxy) is 7.